The van der Waals surface area contributed by atoms with Crippen LogP contribution in [0.1, 0.15) is 19.8 Å². The zero-order valence-corrected chi connectivity index (χ0v) is 13.6. The van der Waals surface area contributed by atoms with Gasteiger partial charge in [-0.1, -0.05) is 11.6 Å². The van der Waals surface area contributed by atoms with Gasteiger partial charge in [0.25, 0.3) is 0 Å². The zero-order valence-electron chi connectivity index (χ0n) is 12.0. The minimum Gasteiger partial charge on any atom is -0.495 e. The quantitative estimate of drug-likeness (QED) is 0.706. The van der Waals surface area contributed by atoms with Crippen LogP contribution in [0.4, 0.5) is 0 Å². The molecule has 0 aromatic heterocycles. The number of methoxy groups -OCH3 is 1. The van der Waals surface area contributed by atoms with Crippen LogP contribution in [0, 0.1) is 0 Å². The Labute approximate surface area is 129 Å². The second-order valence-electron chi connectivity index (χ2n) is 4.38. The molecule has 0 aliphatic carbocycles. The molecule has 0 saturated heterocycles. The number of benzene rings is 1. The summed E-state index contributed by atoms with van der Waals surface area (Å²) >= 11 is 5.91. The Morgan fingerprint density at radius 2 is 1.95 bits per heavy atom. The second kappa shape index (κ2) is 8.21. The van der Waals surface area contributed by atoms with E-state index in [2.05, 4.69) is 10.0 Å². The van der Waals surface area contributed by atoms with Crippen molar-refractivity contribution in [1.29, 1.82) is 0 Å². The summed E-state index contributed by atoms with van der Waals surface area (Å²) in [6.45, 7) is 2.27. The van der Waals surface area contributed by atoms with Crippen molar-refractivity contribution < 1.29 is 17.9 Å². The molecule has 6 nitrogen and oxygen atoms in total. The van der Waals surface area contributed by atoms with E-state index in [1.54, 1.807) is 0 Å². The van der Waals surface area contributed by atoms with Gasteiger partial charge in [-0.2, -0.15) is 0 Å². The molecule has 21 heavy (non-hydrogen) atoms. The number of nitrogens with one attached hydrogen (secondary N) is 2. The average molecular weight is 335 g/mol. The molecule has 1 amide bonds. The highest BCUT2D eigenvalue weighted by Crippen LogP contribution is 2.26. The smallest absolute Gasteiger partial charge is 0.240 e. The fourth-order valence-corrected chi connectivity index (χ4v) is 3.04. The lowest BCUT2D eigenvalue weighted by Crippen LogP contribution is -2.26. The maximum Gasteiger partial charge on any atom is 0.240 e. The molecule has 0 radical (unpaired) electrons. The predicted octanol–water partition coefficient (Wildman–Crippen LogP) is 1.54. The van der Waals surface area contributed by atoms with Gasteiger partial charge < -0.3 is 10.1 Å². The van der Waals surface area contributed by atoms with Crippen LogP contribution in [0.2, 0.25) is 5.02 Å². The highest BCUT2D eigenvalue weighted by atomic mass is 35.5. The summed E-state index contributed by atoms with van der Waals surface area (Å²) < 4.78 is 31.6. The van der Waals surface area contributed by atoms with Crippen LogP contribution < -0.4 is 14.8 Å². The summed E-state index contributed by atoms with van der Waals surface area (Å²) in [5.74, 6) is 0.328. The molecule has 1 aromatic rings. The van der Waals surface area contributed by atoms with Crippen molar-refractivity contribution in [1.82, 2.24) is 10.0 Å². The topological polar surface area (TPSA) is 84.5 Å². The van der Waals surface area contributed by atoms with Gasteiger partial charge in [0.1, 0.15) is 5.75 Å². The number of halogens is 1. The van der Waals surface area contributed by atoms with Gasteiger partial charge in [-0.05, 0) is 31.0 Å². The first-order valence-corrected chi connectivity index (χ1v) is 8.30. The lowest BCUT2D eigenvalue weighted by molar-refractivity contribution is -0.118. The van der Waals surface area contributed by atoms with E-state index in [4.69, 9.17) is 16.3 Å². The highest BCUT2D eigenvalue weighted by molar-refractivity contribution is 7.89. The normalized spacial score (nSPS) is 11.2. The third-order valence-corrected chi connectivity index (χ3v) is 4.46. The Hall–Kier alpha value is -1.31. The van der Waals surface area contributed by atoms with Crippen LogP contribution in [0.3, 0.4) is 0 Å². The molecule has 0 atom stereocenters. The largest absolute Gasteiger partial charge is 0.495 e. The van der Waals surface area contributed by atoms with Gasteiger partial charge in [0, 0.05) is 20.0 Å². The molecular weight excluding hydrogens is 316 g/mol. The van der Waals surface area contributed by atoms with Crippen LogP contribution >= 0.6 is 11.6 Å². The number of unbranched alkanes of at least 4 members (excludes halogenated alkanes) is 1. The van der Waals surface area contributed by atoms with Gasteiger partial charge in [0.05, 0.1) is 17.0 Å². The first-order valence-electron chi connectivity index (χ1n) is 6.44. The molecule has 8 heteroatoms. The Kier molecular flexibility index (Phi) is 6.94. The van der Waals surface area contributed by atoms with Crippen molar-refractivity contribution in [2.24, 2.45) is 0 Å². The number of amides is 1. The van der Waals surface area contributed by atoms with Gasteiger partial charge in [-0.25, -0.2) is 13.1 Å². The number of carbonyl (C=O) groups is 1. The average Bonchev–Trinajstić information content (AvgIpc) is 2.42. The molecule has 0 aliphatic rings. The molecule has 2 N–H and O–H groups in total. The molecule has 0 fully saturated rings. The molecule has 0 aliphatic heterocycles. The molecule has 0 spiro atoms. The number of sulfonamides is 1. The first-order chi connectivity index (χ1) is 9.86. The zero-order chi connectivity index (χ0) is 15.9. The van der Waals surface area contributed by atoms with Crippen LogP contribution in [-0.2, 0) is 14.8 Å². The second-order valence-corrected chi connectivity index (χ2v) is 6.56. The Balaban J connectivity index is 2.50. The van der Waals surface area contributed by atoms with E-state index in [0.29, 0.717) is 31.7 Å². The van der Waals surface area contributed by atoms with E-state index < -0.39 is 10.0 Å². The van der Waals surface area contributed by atoms with Crippen molar-refractivity contribution in [3.8, 4) is 5.75 Å². The van der Waals surface area contributed by atoms with E-state index in [-0.39, 0.29) is 15.8 Å². The molecule has 0 saturated carbocycles. The van der Waals surface area contributed by atoms with Crippen molar-refractivity contribution in [3.05, 3.63) is 23.2 Å². The number of ether oxygens (including phenoxy) is 1. The molecule has 118 valence electrons. The number of rotatable bonds is 8. The molecule has 1 rings (SSSR count). The summed E-state index contributed by atoms with van der Waals surface area (Å²) in [7, 11) is -2.13. The third kappa shape index (κ3) is 5.91. The predicted molar refractivity (Wildman–Crippen MR) is 81.1 cm³/mol. The molecule has 1 aromatic carbocycles. The van der Waals surface area contributed by atoms with E-state index >= 15 is 0 Å². The van der Waals surface area contributed by atoms with E-state index in [9.17, 15) is 13.2 Å². The number of hydrogen-bond acceptors (Lipinski definition) is 4. The Morgan fingerprint density at radius 1 is 1.29 bits per heavy atom. The van der Waals surface area contributed by atoms with Gasteiger partial charge >= 0.3 is 0 Å². The summed E-state index contributed by atoms with van der Waals surface area (Å²) in [6, 6.07) is 4.29. The number of hydrogen-bond donors (Lipinski definition) is 2. The summed E-state index contributed by atoms with van der Waals surface area (Å²) in [6.07, 6.45) is 1.33. The Morgan fingerprint density at radius 3 is 2.52 bits per heavy atom. The van der Waals surface area contributed by atoms with Gasteiger partial charge in [-0.15, -0.1) is 0 Å². The molecule has 0 unspecified atom stereocenters. The van der Waals surface area contributed by atoms with Crippen LogP contribution in [-0.4, -0.2) is 34.5 Å². The fraction of sp³-hybridized carbons (Fsp3) is 0.462. The minimum absolute atomic E-state index is 0.0927. The van der Waals surface area contributed by atoms with E-state index in [1.807, 2.05) is 0 Å². The monoisotopic (exact) mass is 334 g/mol. The van der Waals surface area contributed by atoms with E-state index in [0.717, 1.165) is 0 Å². The Bertz CT molecular complexity index is 590. The van der Waals surface area contributed by atoms with Gasteiger partial charge in [0.2, 0.25) is 15.9 Å². The van der Waals surface area contributed by atoms with Crippen LogP contribution in [0.5, 0.6) is 5.75 Å². The summed E-state index contributed by atoms with van der Waals surface area (Å²) in [5.41, 5.74) is 0. The maximum absolute atomic E-state index is 12.0. The van der Waals surface area contributed by atoms with E-state index in [1.165, 1.54) is 32.2 Å². The SMILES string of the molecule is COc1ccc(S(=O)(=O)NCCCCNC(C)=O)cc1Cl. The minimum atomic E-state index is -3.59. The van der Waals surface area contributed by atoms with Crippen molar-refractivity contribution >= 4 is 27.5 Å². The third-order valence-electron chi connectivity index (χ3n) is 2.70. The first kappa shape index (κ1) is 17.7. The fourth-order valence-electron chi connectivity index (χ4n) is 1.62. The molecule has 0 bridgehead atoms. The van der Waals surface area contributed by atoms with Crippen molar-refractivity contribution in [2.45, 2.75) is 24.7 Å². The molecule has 0 heterocycles. The van der Waals surface area contributed by atoms with Crippen LogP contribution in [0.25, 0.3) is 0 Å². The van der Waals surface area contributed by atoms with Crippen LogP contribution in [0.15, 0.2) is 23.1 Å². The summed E-state index contributed by atoms with van der Waals surface area (Å²) in [4.78, 5) is 10.8. The highest BCUT2D eigenvalue weighted by Gasteiger charge is 2.15. The standard InChI is InChI=1S/C13H19ClN2O4S/c1-10(17)15-7-3-4-8-16-21(18,19)11-5-6-13(20-2)12(14)9-11/h5-6,9,16H,3-4,7-8H2,1-2H3,(H,15,17). The van der Waals surface area contributed by atoms with Crippen molar-refractivity contribution in [2.75, 3.05) is 20.2 Å². The lowest BCUT2D eigenvalue weighted by atomic mass is 10.3. The molecular formula is C13H19ClN2O4S. The lowest BCUT2D eigenvalue weighted by Gasteiger charge is -2.09. The summed E-state index contributed by atoms with van der Waals surface area (Å²) in [5, 5.41) is 2.89. The maximum atomic E-state index is 12.0. The van der Waals surface area contributed by atoms with Gasteiger partial charge in [-0.3, -0.25) is 4.79 Å². The van der Waals surface area contributed by atoms with Gasteiger partial charge in [0.15, 0.2) is 0 Å². The van der Waals surface area contributed by atoms with Crippen molar-refractivity contribution in [3.63, 3.8) is 0 Å². The number of carbonyl (C=O) groups excluding carboxylic acids is 1.